The number of likely N-dealkylation sites (N-methyl/N-ethyl adjacent to an activating group) is 1. The van der Waals surface area contributed by atoms with E-state index in [-0.39, 0.29) is 24.9 Å². The number of hydrogen-bond acceptors (Lipinski definition) is 7. The van der Waals surface area contributed by atoms with Gasteiger partial charge in [0.2, 0.25) is 5.91 Å². The van der Waals surface area contributed by atoms with Gasteiger partial charge in [-0.3, -0.25) is 14.6 Å². The number of nitrogens with one attached hydrogen (secondary N) is 2. The van der Waals surface area contributed by atoms with E-state index in [0.717, 1.165) is 53.3 Å². The Kier molecular flexibility index (Phi) is 9.92. The van der Waals surface area contributed by atoms with E-state index in [1.165, 1.54) is 29.4 Å². The third-order valence-corrected chi connectivity index (χ3v) is 9.48. The summed E-state index contributed by atoms with van der Waals surface area (Å²) >= 11 is 0. The minimum absolute atomic E-state index is 0.204. The molecular formula is C38H49N7O4. The fraction of sp³-hybridized carbons (Fsp3) is 0.500. The summed E-state index contributed by atoms with van der Waals surface area (Å²) in [6.45, 7) is 6.46. The number of benzene rings is 1. The molecule has 0 bridgehead atoms. The van der Waals surface area contributed by atoms with Crippen molar-refractivity contribution in [2.45, 2.75) is 70.6 Å². The number of nitrogens with zero attached hydrogens (tertiary/aromatic N) is 5. The van der Waals surface area contributed by atoms with Gasteiger partial charge in [-0.05, 0) is 107 Å². The molecule has 1 saturated carbocycles. The molecule has 49 heavy (non-hydrogen) atoms. The molecule has 11 nitrogen and oxygen atoms in total. The van der Waals surface area contributed by atoms with Crippen LogP contribution in [0.5, 0.6) is 0 Å². The lowest BCUT2D eigenvalue weighted by atomic mass is 9.89. The van der Waals surface area contributed by atoms with Gasteiger partial charge in [-0.25, -0.2) is 9.78 Å². The van der Waals surface area contributed by atoms with Crippen LogP contribution in [0, 0.1) is 11.8 Å². The standard InChI is InChI=1S/C38H49N7O4/c1-38(2,3)49-37(48)45-22-31(40-34(46)10-8-18-43(4)5)32(23-45)42-36(47)27-14-16-33-30(21-27)41-35(44(33)6)28-20-26-9-7-17-39-29(26)15-13-25(28)19-24-11-12-24/h7-10,14,16-17,20-21,24-25,31-32H,11-13,15,18-19,22-23H2,1-6H3,(H,40,46)(H,42,47)/b10-8+/t25?,31-,32-/m0/s1. The number of aryl methyl sites for hydroxylation is 2. The Morgan fingerprint density at radius 2 is 1.82 bits per heavy atom. The molecule has 3 aromatic rings. The first-order valence-electron chi connectivity index (χ1n) is 17.4. The highest BCUT2D eigenvalue weighted by Crippen LogP contribution is 2.43. The predicted octanol–water partition coefficient (Wildman–Crippen LogP) is 4.82. The molecule has 0 spiro atoms. The van der Waals surface area contributed by atoms with Crippen LogP contribution in [0.2, 0.25) is 0 Å². The van der Waals surface area contributed by atoms with Crippen molar-refractivity contribution < 1.29 is 19.1 Å². The average Bonchev–Trinajstić information content (AvgIpc) is 3.73. The normalized spacial score (nSPS) is 21.1. The van der Waals surface area contributed by atoms with Crippen molar-refractivity contribution in [3.63, 3.8) is 0 Å². The summed E-state index contributed by atoms with van der Waals surface area (Å²) < 4.78 is 7.73. The van der Waals surface area contributed by atoms with Gasteiger partial charge in [0.15, 0.2) is 0 Å². The Balaban J connectivity index is 1.23. The van der Waals surface area contributed by atoms with Crippen molar-refractivity contribution in [2.24, 2.45) is 18.9 Å². The molecule has 2 N–H and O–H groups in total. The molecule has 3 amide bonds. The number of rotatable bonds is 9. The largest absolute Gasteiger partial charge is 0.444 e. The van der Waals surface area contributed by atoms with Gasteiger partial charge in [0.25, 0.3) is 5.91 Å². The number of fused-ring (bicyclic) bond motifs is 2. The Morgan fingerprint density at radius 1 is 1.06 bits per heavy atom. The topological polar surface area (TPSA) is 122 Å². The zero-order chi connectivity index (χ0) is 34.9. The van der Waals surface area contributed by atoms with E-state index < -0.39 is 23.8 Å². The van der Waals surface area contributed by atoms with E-state index in [4.69, 9.17) is 9.72 Å². The van der Waals surface area contributed by atoms with E-state index in [1.54, 1.807) is 6.08 Å². The van der Waals surface area contributed by atoms with Crippen molar-refractivity contribution in [1.82, 2.24) is 35.0 Å². The van der Waals surface area contributed by atoms with Gasteiger partial charge in [0.1, 0.15) is 11.4 Å². The molecule has 11 heteroatoms. The van der Waals surface area contributed by atoms with Crippen molar-refractivity contribution >= 4 is 40.6 Å². The molecule has 1 aromatic carbocycles. The van der Waals surface area contributed by atoms with Crippen LogP contribution in [0.25, 0.3) is 22.7 Å². The van der Waals surface area contributed by atoms with Crippen LogP contribution in [-0.2, 0) is 23.0 Å². The van der Waals surface area contributed by atoms with Crippen molar-refractivity contribution in [3.05, 3.63) is 71.3 Å². The number of likely N-dealkylation sites (tertiary alicyclic amines) is 1. The van der Waals surface area contributed by atoms with Crippen LogP contribution < -0.4 is 10.6 Å². The summed E-state index contributed by atoms with van der Waals surface area (Å²) in [6, 6.07) is 8.69. The lowest BCUT2D eigenvalue weighted by molar-refractivity contribution is -0.117. The number of carbonyl (C=O) groups excluding carboxylic acids is 3. The highest BCUT2D eigenvalue weighted by molar-refractivity contribution is 5.98. The number of aromatic nitrogens is 3. The number of carbonyl (C=O) groups is 3. The lowest BCUT2D eigenvalue weighted by Crippen LogP contribution is -2.50. The molecule has 1 aliphatic heterocycles. The molecule has 3 aliphatic rings. The number of amides is 3. The summed E-state index contributed by atoms with van der Waals surface area (Å²) in [4.78, 5) is 52.8. The zero-order valence-electron chi connectivity index (χ0n) is 29.5. The van der Waals surface area contributed by atoms with Crippen LogP contribution in [0.4, 0.5) is 4.79 Å². The maximum atomic E-state index is 13.8. The molecule has 2 aliphatic carbocycles. The predicted molar refractivity (Wildman–Crippen MR) is 191 cm³/mol. The van der Waals surface area contributed by atoms with Crippen molar-refractivity contribution in [3.8, 4) is 0 Å². The molecule has 1 saturated heterocycles. The molecule has 2 fully saturated rings. The maximum Gasteiger partial charge on any atom is 0.410 e. The molecule has 3 atom stereocenters. The smallest absolute Gasteiger partial charge is 0.410 e. The van der Waals surface area contributed by atoms with E-state index >= 15 is 0 Å². The van der Waals surface area contributed by atoms with Crippen LogP contribution in [0.15, 0.2) is 48.7 Å². The Morgan fingerprint density at radius 3 is 2.53 bits per heavy atom. The highest BCUT2D eigenvalue weighted by Gasteiger charge is 2.39. The first kappa shape index (κ1) is 34.4. The third kappa shape index (κ3) is 8.39. The number of allylic oxidation sites excluding steroid dienone is 1. The fourth-order valence-electron chi connectivity index (χ4n) is 6.81. The van der Waals surface area contributed by atoms with Crippen LogP contribution in [-0.4, -0.2) is 93.7 Å². The number of ether oxygens (including phenoxy) is 1. The van der Waals surface area contributed by atoms with Crippen LogP contribution in [0.1, 0.15) is 73.9 Å². The fourth-order valence-corrected chi connectivity index (χ4v) is 6.81. The number of hydrogen-bond donors (Lipinski definition) is 2. The second-order valence-electron chi connectivity index (χ2n) is 15.0. The van der Waals surface area contributed by atoms with Gasteiger partial charge < -0.3 is 29.7 Å². The van der Waals surface area contributed by atoms with Crippen LogP contribution in [0.3, 0.4) is 0 Å². The summed E-state index contributed by atoms with van der Waals surface area (Å²) in [7, 11) is 5.88. The summed E-state index contributed by atoms with van der Waals surface area (Å²) in [5.41, 5.74) is 4.98. The Labute approximate surface area is 288 Å². The minimum atomic E-state index is -0.673. The first-order valence-corrected chi connectivity index (χ1v) is 17.4. The van der Waals surface area contributed by atoms with Gasteiger partial charge in [-0.1, -0.05) is 25.0 Å². The molecule has 2 aromatic heterocycles. The van der Waals surface area contributed by atoms with Gasteiger partial charge in [-0.2, -0.15) is 0 Å². The lowest BCUT2D eigenvalue weighted by Gasteiger charge is -2.24. The average molecular weight is 668 g/mol. The molecular weight excluding hydrogens is 618 g/mol. The van der Waals surface area contributed by atoms with Crippen molar-refractivity contribution in [1.29, 1.82) is 0 Å². The number of pyridine rings is 1. The van der Waals surface area contributed by atoms with E-state index in [2.05, 4.69) is 32.3 Å². The monoisotopic (exact) mass is 667 g/mol. The quantitative estimate of drug-likeness (QED) is 0.314. The van der Waals surface area contributed by atoms with E-state index in [1.807, 2.05) is 77.3 Å². The summed E-state index contributed by atoms with van der Waals surface area (Å²) in [5, 5.41) is 6.07. The Hall–Kier alpha value is -4.51. The molecule has 260 valence electrons. The molecule has 6 rings (SSSR count). The minimum Gasteiger partial charge on any atom is -0.444 e. The summed E-state index contributed by atoms with van der Waals surface area (Å²) in [5.74, 6) is 1.50. The molecule has 0 radical (unpaired) electrons. The zero-order valence-corrected chi connectivity index (χ0v) is 29.5. The van der Waals surface area contributed by atoms with Gasteiger partial charge in [-0.15, -0.1) is 0 Å². The molecule has 1 unspecified atom stereocenters. The molecule has 3 heterocycles. The highest BCUT2D eigenvalue weighted by atomic mass is 16.6. The second-order valence-corrected chi connectivity index (χ2v) is 15.0. The third-order valence-electron chi connectivity index (χ3n) is 9.48. The van der Waals surface area contributed by atoms with Gasteiger partial charge in [0.05, 0.1) is 23.1 Å². The second kappa shape index (κ2) is 14.2. The van der Waals surface area contributed by atoms with Gasteiger partial charge >= 0.3 is 6.09 Å². The first-order chi connectivity index (χ1) is 23.3. The van der Waals surface area contributed by atoms with E-state index in [0.29, 0.717) is 18.0 Å². The Bertz CT molecular complexity index is 1780. The SMILES string of the molecule is CN(C)C/C=C/C(=O)N[C@H]1CN(C(=O)OC(C)(C)C)C[C@@H]1NC(=O)c1ccc2c(c1)nc(C1=Cc3cccnc3CCC1CC1CC1)n2C. The van der Waals surface area contributed by atoms with E-state index in [9.17, 15) is 14.4 Å². The van der Waals surface area contributed by atoms with Crippen LogP contribution >= 0.6 is 0 Å². The van der Waals surface area contributed by atoms with Gasteiger partial charge in [0, 0.05) is 50.2 Å². The maximum absolute atomic E-state index is 13.8. The summed E-state index contributed by atoms with van der Waals surface area (Å²) in [6.07, 6.45) is 12.6. The van der Waals surface area contributed by atoms with Crippen molar-refractivity contribution in [2.75, 3.05) is 33.7 Å². The number of imidazole rings is 1.